The predicted molar refractivity (Wildman–Crippen MR) is 116 cm³/mol. The fourth-order valence-corrected chi connectivity index (χ4v) is 5.73. The van der Waals surface area contributed by atoms with Crippen molar-refractivity contribution in [3.63, 3.8) is 0 Å². The first-order valence-electron chi connectivity index (χ1n) is 8.99. The van der Waals surface area contributed by atoms with Crippen molar-refractivity contribution in [1.29, 1.82) is 0 Å². The maximum absolute atomic E-state index is 11.5. The van der Waals surface area contributed by atoms with Crippen LogP contribution in [0, 0.1) is 0 Å². The fourth-order valence-electron chi connectivity index (χ4n) is 3.47. The van der Waals surface area contributed by atoms with Crippen molar-refractivity contribution in [2.45, 2.75) is 0 Å². The summed E-state index contributed by atoms with van der Waals surface area (Å²) in [5.41, 5.74) is 3.53. The van der Waals surface area contributed by atoms with Gasteiger partial charge in [0, 0.05) is 0 Å². The van der Waals surface area contributed by atoms with Gasteiger partial charge in [0.05, 0.1) is 0 Å². The first kappa shape index (κ1) is 20.9. The van der Waals surface area contributed by atoms with Crippen molar-refractivity contribution >= 4 is 47.8 Å². The third-order valence-electron chi connectivity index (χ3n) is 4.95. The Morgan fingerprint density at radius 3 is 1.10 bits per heavy atom. The summed E-state index contributed by atoms with van der Waals surface area (Å²) in [4.78, 5) is 0. The molecule has 30 heavy (non-hydrogen) atoms. The Morgan fingerprint density at radius 1 is 0.467 bits per heavy atom. The molecule has 0 amide bonds. The second-order valence-electron chi connectivity index (χ2n) is 6.89. The molecular formula is C22H18As2O6. The van der Waals surface area contributed by atoms with Crippen LogP contribution in [0.15, 0.2) is 84.9 Å². The van der Waals surface area contributed by atoms with Crippen molar-refractivity contribution in [1.82, 2.24) is 0 Å². The molecule has 4 aromatic carbocycles. The zero-order valence-corrected chi connectivity index (χ0v) is 19.3. The van der Waals surface area contributed by atoms with Gasteiger partial charge in [-0.05, 0) is 0 Å². The van der Waals surface area contributed by atoms with E-state index in [1.54, 1.807) is 24.3 Å². The molecular weight excluding hydrogens is 510 g/mol. The van der Waals surface area contributed by atoms with Crippen LogP contribution in [0.3, 0.4) is 0 Å². The molecule has 0 heterocycles. The molecule has 0 spiro atoms. The summed E-state index contributed by atoms with van der Waals surface area (Å²) in [6, 6.07) is 24.3. The number of fused-ring (bicyclic) bond motifs is 1. The van der Waals surface area contributed by atoms with E-state index in [1.807, 2.05) is 36.4 Å². The van der Waals surface area contributed by atoms with Crippen LogP contribution in [0.1, 0.15) is 0 Å². The van der Waals surface area contributed by atoms with Gasteiger partial charge in [0.1, 0.15) is 0 Å². The quantitative estimate of drug-likeness (QED) is 0.297. The van der Waals surface area contributed by atoms with Crippen LogP contribution in [0.25, 0.3) is 33.0 Å². The fraction of sp³-hybridized carbons (Fsp3) is 0. The van der Waals surface area contributed by atoms with E-state index in [9.17, 15) is 23.9 Å². The summed E-state index contributed by atoms with van der Waals surface area (Å²) < 4.78 is 60.6. The molecule has 0 saturated heterocycles. The number of hydrogen-bond donors (Lipinski definition) is 4. The molecule has 6 nitrogen and oxygen atoms in total. The van der Waals surface area contributed by atoms with E-state index in [-0.39, 0.29) is 8.70 Å². The minimum absolute atomic E-state index is 0.0319. The van der Waals surface area contributed by atoms with E-state index in [4.69, 9.17) is 0 Å². The minimum atomic E-state index is -4.93. The number of benzene rings is 4. The molecule has 0 bridgehead atoms. The summed E-state index contributed by atoms with van der Waals surface area (Å²) >= 11 is -9.86. The van der Waals surface area contributed by atoms with E-state index >= 15 is 0 Å². The summed E-state index contributed by atoms with van der Waals surface area (Å²) in [5, 5.41) is 1.93. The van der Waals surface area contributed by atoms with Crippen LogP contribution in [-0.2, 0) is 7.48 Å². The van der Waals surface area contributed by atoms with E-state index < -0.39 is 28.3 Å². The second kappa shape index (κ2) is 7.75. The number of hydrogen-bond acceptors (Lipinski definition) is 2. The molecule has 0 saturated carbocycles. The second-order valence-corrected chi connectivity index (χ2v) is 13.6. The third kappa shape index (κ3) is 4.12. The number of rotatable bonds is 4. The van der Waals surface area contributed by atoms with Gasteiger partial charge in [-0.15, -0.1) is 0 Å². The van der Waals surface area contributed by atoms with Gasteiger partial charge in [-0.3, -0.25) is 0 Å². The normalized spacial score (nSPS) is 12.3. The van der Waals surface area contributed by atoms with Gasteiger partial charge in [-0.1, -0.05) is 0 Å². The van der Waals surface area contributed by atoms with Gasteiger partial charge >= 0.3 is 179 Å². The van der Waals surface area contributed by atoms with Gasteiger partial charge in [0.15, 0.2) is 0 Å². The maximum atomic E-state index is 11.5. The monoisotopic (exact) mass is 528 g/mol. The molecule has 0 unspecified atom stereocenters. The Hall–Kier alpha value is -2.30. The molecule has 4 aromatic rings. The predicted octanol–water partition coefficient (Wildman–Crippen LogP) is 1.30. The van der Waals surface area contributed by atoms with E-state index in [0.717, 1.165) is 33.0 Å². The first-order chi connectivity index (χ1) is 14.1. The summed E-state index contributed by atoms with van der Waals surface area (Å²) in [5.74, 6) is 0. The summed E-state index contributed by atoms with van der Waals surface area (Å²) in [6.45, 7) is 0. The zero-order valence-electron chi connectivity index (χ0n) is 15.6. The van der Waals surface area contributed by atoms with Crippen LogP contribution < -0.4 is 8.70 Å². The van der Waals surface area contributed by atoms with Crippen molar-refractivity contribution in [2.24, 2.45) is 0 Å². The average molecular weight is 528 g/mol. The molecule has 4 rings (SSSR count). The van der Waals surface area contributed by atoms with Gasteiger partial charge < -0.3 is 0 Å². The molecule has 4 N–H and O–H groups in total. The van der Waals surface area contributed by atoms with Crippen LogP contribution in [0.2, 0.25) is 0 Å². The zero-order chi connectivity index (χ0) is 21.5. The molecule has 0 aliphatic rings. The SMILES string of the molecule is O=[As](O)(O)c1ccc(-c2ccc(-c3ccc([As](=O)(O)O)cc3)c3ccccc23)cc1. The first-order valence-corrected chi connectivity index (χ1v) is 15.8. The molecule has 8 heteroatoms. The van der Waals surface area contributed by atoms with Gasteiger partial charge in [0.2, 0.25) is 0 Å². The molecule has 152 valence electrons. The summed E-state index contributed by atoms with van der Waals surface area (Å²) in [6.07, 6.45) is 0. The van der Waals surface area contributed by atoms with Crippen LogP contribution in [0.5, 0.6) is 0 Å². The van der Waals surface area contributed by atoms with Crippen LogP contribution >= 0.6 is 0 Å². The van der Waals surface area contributed by atoms with Crippen LogP contribution in [-0.4, -0.2) is 44.7 Å². The van der Waals surface area contributed by atoms with Crippen molar-refractivity contribution in [2.75, 3.05) is 0 Å². The van der Waals surface area contributed by atoms with E-state index in [0.29, 0.717) is 0 Å². The van der Waals surface area contributed by atoms with Gasteiger partial charge in [0.25, 0.3) is 0 Å². The molecule has 0 aliphatic heterocycles. The Bertz CT molecular complexity index is 1210. The van der Waals surface area contributed by atoms with Gasteiger partial charge in [-0.2, -0.15) is 0 Å². The molecule has 0 aliphatic carbocycles. The van der Waals surface area contributed by atoms with E-state index in [1.165, 1.54) is 24.3 Å². The molecule has 0 atom stereocenters. The Morgan fingerprint density at radius 2 is 0.800 bits per heavy atom. The third-order valence-corrected chi connectivity index (χ3v) is 9.03. The standard InChI is InChI=1S/C22H18As2O6/c25-23(26,27)17-9-5-15(6-10-17)19-13-14-20(22-4-2-1-3-21(19)22)16-7-11-18(12-8-16)24(28,29)30/h1-14H,(H2,25,26,27)(H2,28,29,30). The average Bonchev–Trinajstić information content (AvgIpc) is 2.72. The molecule has 0 aromatic heterocycles. The van der Waals surface area contributed by atoms with Crippen molar-refractivity contribution < 1.29 is 23.9 Å². The van der Waals surface area contributed by atoms with Gasteiger partial charge in [-0.25, -0.2) is 0 Å². The Balaban J connectivity index is 1.83. The Kier molecular flexibility index (Phi) is 5.41. The van der Waals surface area contributed by atoms with Crippen LogP contribution in [0.4, 0.5) is 0 Å². The van der Waals surface area contributed by atoms with Crippen molar-refractivity contribution in [3.8, 4) is 22.3 Å². The Labute approximate surface area is 178 Å². The summed E-state index contributed by atoms with van der Waals surface area (Å²) in [7, 11) is 0. The molecule has 0 fully saturated rings. The van der Waals surface area contributed by atoms with Crippen molar-refractivity contribution in [3.05, 3.63) is 84.9 Å². The molecule has 0 radical (unpaired) electrons. The van der Waals surface area contributed by atoms with E-state index in [2.05, 4.69) is 0 Å². The topological polar surface area (TPSA) is 115 Å².